The average Bonchev–Trinajstić information content (AvgIpc) is 3.47. The maximum absolute atomic E-state index is 13.0. The van der Waals surface area contributed by atoms with E-state index >= 15 is 0 Å². The highest BCUT2D eigenvalue weighted by Crippen LogP contribution is 2.18. The van der Waals surface area contributed by atoms with Crippen LogP contribution in [0, 0.1) is 0 Å². The summed E-state index contributed by atoms with van der Waals surface area (Å²) in [6.45, 7) is 6.65. The largest absolute Gasteiger partial charge is 0.462 e. The molecule has 0 rings (SSSR count). The molecule has 0 N–H and O–H groups in total. The molecule has 1 unspecified atom stereocenters. The highest BCUT2D eigenvalue weighted by molar-refractivity contribution is 5.71. The summed E-state index contributed by atoms with van der Waals surface area (Å²) in [4.78, 5) is 38.5. The lowest BCUT2D eigenvalue weighted by molar-refractivity contribution is -0.167. The van der Waals surface area contributed by atoms with Crippen molar-refractivity contribution in [3.8, 4) is 0 Å². The third-order valence-electron chi connectivity index (χ3n) is 16.2. The topological polar surface area (TPSA) is 78.9 Å². The van der Waals surface area contributed by atoms with E-state index in [0.29, 0.717) is 19.3 Å². The number of esters is 3. The quantitative estimate of drug-likeness (QED) is 0.0261. The molecule has 0 aromatic rings. The first kappa shape index (κ1) is 79.1. The fourth-order valence-corrected chi connectivity index (χ4v) is 10.7. The van der Waals surface area contributed by atoms with Gasteiger partial charge in [-0.3, -0.25) is 14.4 Å². The number of carbonyl (C=O) groups excluding carboxylic acids is 3. The molecule has 0 aromatic carbocycles. The van der Waals surface area contributed by atoms with Gasteiger partial charge in [0.05, 0.1) is 0 Å². The van der Waals surface area contributed by atoms with Crippen LogP contribution in [0.2, 0.25) is 0 Å². The molecule has 0 aliphatic rings. The molecule has 0 amide bonds. The van der Waals surface area contributed by atoms with Gasteiger partial charge < -0.3 is 14.2 Å². The highest BCUT2D eigenvalue weighted by Gasteiger charge is 2.19. The Morgan fingerprint density at radius 3 is 0.720 bits per heavy atom. The minimum absolute atomic E-state index is 0.0754. The van der Waals surface area contributed by atoms with Crippen LogP contribution >= 0.6 is 0 Å². The Bertz CT molecular complexity index is 1460. The van der Waals surface area contributed by atoms with Gasteiger partial charge in [0.2, 0.25) is 0 Å². The van der Waals surface area contributed by atoms with Crippen molar-refractivity contribution in [3.63, 3.8) is 0 Å². The first-order valence-corrected chi connectivity index (χ1v) is 36.3. The lowest BCUT2D eigenvalue weighted by Gasteiger charge is -2.18. The van der Waals surface area contributed by atoms with Crippen molar-refractivity contribution in [1.29, 1.82) is 0 Å². The van der Waals surface area contributed by atoms with E-state index in [2.05, 4.69) is 81.5 Å². The summed E-state index contributed by atoms with van der Waals surface area (Å²) in [5, 5.41) is 0. The van der Waals surface area contributed by atoms with Gasteiger partial charge >= 0.3 is 17.9 Å². The Balaban J connectivity index is 4.30. The van der Waals surface area contributed by atoms with Crippen LogP contribution < -0.4 is 0 Å². The van der Waals surface area contributed by atoms with Crippen LogP contribution in [0.1, 0.15) is 387 Å². The van der Waals surface area contributed by atoms with Gasteiger partial charge in [0.25, 0.3) is 0 Å². The zero-order valence-corrected chi connectivity index (χ0v) is 55.0. The van der Waals surface area contributed by atoms with Crippen LogP contribution in [0.25, 0.3) is 0 Å². The molecule has 0 radical (unpaired) electrons. The molecule has 82 heavy (non-hydrogen) atoms. The van der Waals surface area contributed by atoms with Crippen molar-refractivity contribution < 1.29 is 28.6 Å². The van der Waals surface area contributed by atoms with Crippen LogP contribution in [-0.2, 0) is 28.6 Å². The summed E-state index contributed by atoms with van der Waals surface area (Å²) in [5.41, 5.74) is 0. The first-order chi connectivity index (χ1) is 40.5. The predicted octanol–water partition coefficient (Wildman–Crippen LogP) is 25.1. The van der Waals surface area contributed by atoms with E-state index < -0.39 is 6.10 Å². The van der Waals surface area contributed by atoms with E-state index in [1.54, 1.807) is 0 Å². The number of ether oxygens (including phenoxy) is 3. The SMILES string of the molecule is CCCCC/C=C\C/C=C\CCCCCCCCCCCC(=O)OC(COC(=O)CCCCCCCCC/C=C\C/C=C\CCCCCC)COC(=O)CCCCCCCCCCCCCCCCC/C=C\CCCCCCCCCC. The minimum Gasteiger partial charge on any atom is -0.462 e. The predicted molar refractivity (Wildman–Crippen MR) is 358 cm³/mol. The molecule has 6 heteroatoms. The number of unbranched alkanes of at least 4 members (excludes halogenated alkanes) is 46. The smallest absolute Gasteiger partial charge is 0.306 e. The van der Waals surface area contributed by atoms with E-state index in [4.69, 9.17) is 14.2 Å². The Morgan fingerprint density at radius 1 is 0.244 bits per heavy atom. The van der Waals surface area contributed by atoms with Crippen molar-refractivity contribution in [2.24, 2.45) is 0 Å². The third kappa shape index (κ3) is 67.9. The summed E-state index contributed by atoms with van der Waals surface area (Å²) in [5.74, 6) is -0.863. The number of hydrogen-bond acceptors (Lipinski definition) is 6. The van der Waals surface area contributed by atoms with E-state index in [1.165, 1.54) is 270 Å². The zero-order chi connectivity index (χ0) is 59.2. The molecular weight excluding hydrogens is 1010 g/mol. The molecule has 0 aromatic heterocycles. The molecule has 0 fully saturated rings. The van der Waals surface area contributed by atoms with Gasteiger partial charge in [-0.2, -0.15) is 0 Å². The number of allylic oxidation sites excluding steroid dienone is 10. The Morgan fingerprint density at radius 2 is 0.439 bits per heavy atom. The summed E-state index contributed by atoms with van der Waals surface area (Å²) in [6, 6.07) is 0. The highest BCUT2D eigenvalue weighted by atomic mass is 16.6. The lowest BCUT2D eigenvalue weighted by Crippen LogP contribution is -2.30. The summed E-state index contributed by atoms with van der Waals surface area (Å²) >= 11 is 0. The molecule has 478 valence electrons. The molecule has 0 saturated carbocycles. The molecular formula is C76H138O6. The fourth-order valence-electron chi connectivity index (χ4n) is 10.7. The zero-order valence-electron chi connectivity index (χ0n) is 55.0. The molecule has 6 nitrogen and oxygen atoms in total. The third-order valence-corrected chi connectivity index (χ3v) is 16.2. The van der Waals surface area contributed by atoms with E-state index in [0.717, 1.165) is 77.0 Å². The monoisotopic (exact) mass is 1150 g/mol. The summed E-state index contributed by atoms with van der Waals surface area (Å²) in [7, 11) is 0. The van der Waals surface area contributed by atoms with Gasteiger partial charge in [-0.1, -0.05) is 319 Å². The van der Waals surface area contributed by atoms with Crippen LogP contribution in [0.4, 0.5) is 0 Å². The van der Waals surface area contributed by atoms with E-state index in [9.17, 15) is 14.4 Å². The van der Waals surface area contributed by atoms with Gasteiger partial charge in [0, 0.05) is 19.3 Å². The molecule has 0 aliphatic carbocycles. The summed E-state index contributed by atoms with van der Waals surface area (Å²) in [6.07, 6.45) is 91.0. The van der Waals surface area contributed by atoms with Crippen molar-refractivity contribution in [1.82, 2.24) is 0 Å². The molecule has 0 aliphatic heterocycles. The molecule has 0 spiro atoms. The first-order valence-electron chi connectivity index (χ1n) is 36.3. The van der Waals surface area contributed by atoms with E-state index in [-0.39, 0.29) is 31.1 Å². The van der Waals surface area contributed by atoms with Gasteiger partial charge in [0.15, 0.2) is 6.10 Å². The Labute approximate surface area is 510 Å². The second-order valence-corrected chi connectivity index (χ2v) is 24.5. The van der Waals surface area contributed by atoms with Gasteiger partial charge in [-0.15, -0.1) is 0 Å². The van der Waals surface area contributed by atoms with Crippen LogP contribution in [0.3, 0.4) is 0 Å². The van der Waals surface area contributed by atoms with Gasteiger partial charge in [0.1, 0.15) is 13.2 Å². The molecule has 1 atom stereocenters. The van der Waals surface area contributed by atoms with Gasteiger partial charge in [-0.25, -0.2) is 0 Å². The number of hydrogen-bond donors (Lipinski definition) is 0. The Hall–Kier alpha value is -2.89. The normalized spacial score (nSPS) is 12.4. The second kappa shape index (κ2) is 70.6. The maximum atomic E-state index is 13.0. The van der Waals surface area contributed by atoms with Crippen molar-refractivity contribution >= 4 is 17.9 Å². The minimum atomic E-state index is -0.781. The van der Waals surface area contributed by atoms with Crippen molar-refractivity contribution in [3.05, 3.63) is 60.8 Å². The van der Waals surface area contributed by atoms with Gasteiger partial charge in [-0.05, 0) is 109 Å². The molecule has 0 saturated heterocycles. The van der Waals surface area contributed by atoms with Crippen molar-refractivity contribution in [2.45, 2.75) is 393 Å². The van der Waals surface area contributed by atoms with Crippen LogP contribution in [0.15, 0.2) is 60.8 Å². The number of rotatable bonds is 67. The fraction of sp³-hybridized carbons (Fsp3) is 0.829. The van der Waals surface area contributed by atoms with Crippen molar-refractivity contribution in [2.75, 3.05) is 13.2 Å². The molecule has 0 heterocycles. The standard InChI is InChI=1S/C76H138O6/c1-4-7-10-13-16-19-22-25-28-31-34-35-36-37-38-39-40-41-43-45-48-51-54-57-60-63-66-69-75(78)81-72-73(71-80-74(77)68-65-62-59-56-53-50-47-44-33-30-27-24-21-18-15-12-9-6-3)82-76(79)70-67-64-61-58-55-52-49-46-42-32-29-26-23-20-17-14-11-8-5-2/h17,20-21,24,26,29-31,33-34,73H,4-16,18-19,22-23,25,27-28,32,35-72H2,1-3H3/b20-17-,24-21-,29-26-,33-30-,34-31-. The van der Waals surface area contributed by atoms with Crippen LogP contribution in [-0.4, -0.2) is 37.2 Å². The van der Waals surface area contributed by atoms with Crippen LogP contribution in [0.5, 0.6) is 0 Å². The summed E-state index contributed by atoms with van der Waals surface area (Å²) < 4.78 is 17.0. The lowest BCUT2D eigenvalue weighted by atomic mass is 10.0. The molecule has 0 bridgehead atoms. The second-order valence-electron chi connectivity index (χ2n) is 24.5. The number of carbonyl (C=O) groups is 3. The Kier molecular flexibility index (Phi) is 68.1. The van der Waals surface area contributed by atoms with E-state index in [1.807, 2.05) is 0 Å². The maximum Gasteiger partial charge on any atom is 0.306 e. The average molecular weight is 1150 g/mol.